The van der Waals surface area contributed by atoms with E-state index in [4.69, 9.17) is 4.11 Å². The van der Waals surface area contributed by atoms with Crippen molar-refractivity contribution >= 4 is 11.8 Å². The van der Waals surface area contributed by atoms with Crippen molar-refractivity contribution in [3.63, 3.8) is 0 Å². The molecule has 1 atom stereocenters. The predicted molar refractivity (Wildman–Crippen MR) is 48.2 cm³/mol. The van der Waals surface area contributed by atoms with Crippen LogP contribution in [0.4, 0.5) is 0 Å². The van der Waals surface area contributed by atoms with E-state index in [1.165, 1.54) is 21.0 Å². The largest absolute Gasteiger partial charge is 0.550 e. The number of carbonyl (C=O) groups is 2. The molecule has 5 heteroatoms. The van der Waals surface area contributed by atoms with Crippen LogP contribution < -0.4 is 5.11 Å². The zero-order valence-corrected chi connectivity index (χ0v) is 8.53. The van der Waals surface area contributed by atoms with E-state index in [0.717, 1.165) is 0 Å². The molecule has 0 amide bonds. The molecule has 5 nitrogen and oxygen atoms in total. The van der Waals surface area contributed by atoms with Gasteiger partial charge in [-0.05, 0) is 0 Å². The van der Waals surface area contributed by atoms with Gasteiger partial charge in [0.05, 0.1) is 18.2 Å². The molecule has 0 aromatic heterocycles. The molecule has 0 radical (unpaired) electrons. The van der Waals surface area contributed by atoms with Gasteiger partial charge in [0.2, 0.25) is 0 Å². The lowest BCUT2D eigenvalue weighted by Crippen LogP contribution is -2.49. The molecule has 1 N–H and O–H groups in total. The normalized spacial score (nSPS) is 20.1. The van der Waals surface area contributed by atoms with Gasteiger partial charge in [0.25, 0.3) is 0 Å². The average Bonchev–Trinajstić information content (AvgIpc) is 1.97. The van der Waals surface area contributed by atoms with Gasteiger partial charge in [-0.1, -0.05) is 0 Å². The fourth-order valence-electron chi connectivity index (χ4n) is 1.12. The van der Waals surface area contributed by atoms with Crippen LogP contribution in [0.1, 0.15) is 17.5 Å². The maximum absolute atomic E-state index is 11.0. The monoisotopic (exact) mass is 206 g/mol. The molecule has 0 heterocycles. The molecule has 0 spiro atoms. The topological polar surface area (TPSA) is 77.4 Å². The second-order valence-electron chi connectivity index (χ2n) is 3.65. The van der Waals surface area contributed by atoms with E-state index in [-0.39, 0.29) is 12.3 Å². The Bertz CT molecular complexity index is 298. The molecule has 0 aliphatic carbocycles. The number of likely N-dealkylation sites (N-methyl/N-ethyl adjacent to an activating group) is 1. The molecular weight excluding hydrogens is 186 g/mol. The standard InChI is InChI=1S/C9H17NO4/c1-7(11)5-10(2,3)6-8(12)4-9(13)14/h8,12H,4-6H2,1-3H3/i6D2,8D. The minimum Gasteiger partial charge on any atom is -0.550 e. The molecule has 1 unspecified atom stereocenters. The number of hydrogen-bond donors (Lipinski definition) is 1. The maximum atomic E-state index is 11.0. The second-order valence-corrected chi connectivity index (χ2v) is 3.65. The molecule has 0 bridgehead atoms. The summed E-state index contributed by atoms with van der Waals surface area (Å²) in [4.78, 5) is 21.4. The van der Waals surface area contributed by atoms with E-state index in [1.807, 2.05) is 0 Å². The smallest absolute Gasteiger partial charge is 0.183 e. The van der Waals surface area contributed by atoms with Crippen LogP contribution in [0.15, 0.2) is 0 Å². The Morgan fingerprint density at radius 2 is 2.14 bits per heavy atom. The van der Waals surface area contributed by atoms with Crippen molar-refractivity contribution in [3.8, 4) is 0 Å². The highest BCUT2D eigenvalue weighted by Crippen LogP contribution is 2.02. The van der Waals surface area contributed by atoms with Gasteiger partial charge in [-0.3, -0.25) is 4.79 Å². The highest BCUT2D eigenvalue weighted by Gasteiger charge is 2.22. The van der Waals surface area contributed by atoms with Gasteiger partial charge in [0.1, 0.15) is 19.1 Å². The van der Waals surface area contributed by atoms with Gasteiger partial charge >= 0.3 is 0 Å². The second kappa shape index (κ2) is 5.07. The molecular formula is C9H17NO4. The van der Waals surface area contributed by atoms with Gasteiger partial charge in [0.15, 0.2) is 5.78 Å². The summed E-state index contributed by atoms with van der Waals surface area (Å²) in [5.41, 5.74) is 0. The molecule has 14 heavy (non-hydrogen) atoms. The van der Waals surface area contributed by atoms with Crippen molar-refractivity contribution in [3.05, 3.63) is 0 Å². The number of aliphatic hydroxyl groups is 1. The van der Waals surface area contributed by atoms with Crippen molar-refractivity contribution in [1.82, 2.24) is 0 Å². The first-order valence-electron chi connectivity index (χ1n) is 5.58. The zero-order valence-electron chi connectivity index (χ0n) is 11.5. The Balaban J connectivity index is 5.22. The Morgan fingerprint density at radius 3 is 2.50 bits per heavy atom. The number of Topliss-reactive ketones (excluding diaryl/α,β-unsaturated/α-hetero) is 1. The summed E-state index contributed by atoms with van der Waals surface area (Å²) >= 11 is 0. The van der Waals surface area contributed by atoms with E-state index < -0.39 is 29.5 Å². The molecule has 0 rings (SSSR count). The van der Waals surface area contributed by atoms with Crippen molar-refractivity contribution in [2.24, 2.45) is 0 Å². The molecule has 82 valence electrons. The first-order chi connectivity index (χ1) is 7.33. The van der Waals surface area contributed by atoms with Crippen molar-refractivity contribution in [2.75, 3.05) is 27.1 Å². The average molecular weight is 206 g/mol. The fraction of sp³-hybridized carbons (Fsp3) is 0.778. The van der Waals surface area contributed by atoms with Crippen LogP contribution in [0.25, 0.3) is 0 Å². The third kappa shape index (κ3) is 6.56. The van der Waals surface area contributed by atoms with E-state index in [0.29, 0.717) is 0 Å². The van der Waals surface area contributed by atoms with Gasteiger partial charge < -0.3 is 19.5 Å². The summed E-state index contributed by atoms with van der Waals surface area (Å²) in [6, 6.07) is 0. The van der Waals surface area contributed by atoms with Crippen molar-refractivity contribution in [1.29, 1.82) is 0 Å². The Morgan fingerprint density at radius 1 is 1.64 bits per heavy atom. The number of ketones is 1. The van der Waals surface area contributed by atoms with E-state index in [1.54, 1.807) is 0 Å². The number of hydrogen-bond acceptors (Lipinski definition) is 4. The van der Waals surface area contributed by atoms with Crippen LogP contribution in [-0.4, -0.2) is 54.6 Å². The summed E-state index contributed by atoms with van der Waals surface area (Å²) in [6.07, 6.45) is -4.04. The lowest BCUT2D eigenvalue weighted by Gasteiger charge is -2.30. The molecule has 0 aliphatic rings. The number of aliphatic carboxylic acids is 1. The van der Waals surface area contributed by atoms with Gasteiger partial charge in [0, 0.05) is 19.3 Å². The molecule has 0 saturated carbocycles. The van der Waals surface area contributed by atoms with Crippen molar-refractivity contribution in [2.45, 2.75) is 19.4 Å². The number of carboxylic acid groups (broad SMARTS) is 1. The fourth-order valence-corrected chi connectivity index (χ4v) is 1.12. The van der Waals surface area contributed by atoms with Gasteiger partial charge in [-0.25, -0.2) is 0 Å². The van der Waals surface area contributed by atoms with E-state index in [2.05, 4.69) is 0 Å². The SMILES string of the molecule is [2H]C(O)(CC(=O)[O-])C([2H])([2H])[N+](C)(C)CC(C)=O. The Labute approximate surface area is 87.8 Å². The zero-order chi connectivity index (χ0) is 14.1. The van der Waals surface area contributed by atoms with Crippen LogP contribution >= 0.6 is 0 Å². The van der Waals surface area contributed by atoms with Crippen molar-refractivity contribution < 1.29 is 28.4 Å². The third-order valence-corrected chi connectivity index (χ3v) is 1.36. The molecule has 0 aliphatic heterocycles. The molecule has 0 aromatic rings. The van der Waals surface area contributed by atoms with Crippen LogP contribution in [-0.2, 0) is 9.59 Å². The number of quaternary nitrogens is 1. The summed E-state index contributed by atoms with van der Waals surface area (Å²) in [7, 11) is 2.60. The molecule has 0 aromatic carbocycles. The first kappa shape index (κ1) is 8.38. The number of carbonyl (C=O) groups excluding carboxylic acids is 2. The van der Waals surface area contributed by atoms with E-state index in [9.17, 15) is 19.8 Å². The van der Waals surface area contributed by atoms with Crippen LogP contribution in [0.2, 0.25) is 0 Å². The Kier molecular flexibility index (Phi) is 3.03. The number of rotatable bonds is 6. The number of carboxylic acids is 1. The Hall–Kier alpha value is -0.940. The summed E-state index contributed by atoms with van der Waals surface area (Å²) < 4.78 is 22.1. The minimum atomic E-state index is -2.87. The van der Waals surface area contributed by atoms with E-state index >= 15 is 0 Å². The highest BCUT2D eigenvalue weighted by molar-refractivity contribution is 5.76. The highest BCUT2D eigenvalue weighted by atomic mass is 16.4. The third-order valence-electron chi connectivity index (χ3n) is 1.36. The van der Waals surface area contributed by atoms with Gasteiger partial charge in [-0.2, -0.15) is 0 Å². The summed E-state index contributed by atoms with van der Waals surface area (Å²) in [5.74, 6) is -2.06. The lowest BCUT2D eigenvalue weighted by atomic mass is 10.2. The first-order valence-corrected chi connectivity index (χ1v) is 4.08. The van der Waals surface area contributed by atoms with Crippen LogP contribution in [0, 0.1) is 0 Å². The minimum absolute atomic E-state index is 0.263. The van der Waals surface area contributed by atoms with Gasteiger partial charge in [-0.15, -0.1) is 0 Å². The molecule has 0 fully saturated rings. The van der Waals surface area contributed by atoms with Crippen LogP contribution in [0.3, 0.4) is 0 Å². The maximum Gasteiger partial charge on any atom is 0.183 e. The quantitative estimate of drug-likeness (QED) is 0.518. The van der Waals surface area contributed by atoms with Crippen LogP contribution in [0.5, 0.6) is 0 Å². The molecule has 0 saturated heterocycles. The number of nitrogens with zero attached hydrogens (tertiary/aromatic N) is 1. The predicted octanol–water partition coefficient (Wildman–Crippen LogP) is -1.85. The lowest BCUT2D eigenvalue weighted by molar-refractivity contribution is -0.885. The summed E-state index contributed by atoms with van der Waals surface area (Å²) in [5, 5.41) is 20.0. The summed E-state index contributed by atoms with van der Waals surface area (Å²) in [6.45, 7) is -1.64.